The molecule has 0 radical (unpaired) electrons. The summed E-state index contributed by atoms with van der Waals surface area (Å²) in [6.45, 7) is 5.23. The summed E-state index contributed by atoms with van der Waals surface area (Å²) in [5.74, 6) is 0. The molecule has 15 heavy (non-hydrogen) atoms. The molecule has 0 spiro atoms. The third-order valence-corrected chi connectivity index (χ3v) is 2.73. The van der Waals surface area contributed by atoms with E-state index in [2.05, 4.69) is 17.3 Å². The molecule has 0 aromatic carbocycles. The van der Waals surface area contributed by atoms with Crippen molar-refractivity contribution in [2.75, 3.05) is 46.4 Å². The molecule has 1 saturated heterocycles. The fraction of sp³-hybridized carbons (Fsp3) is 1.00. The van der Waals surface area contributed by atoms with E-state index in [9.17, 15) is 0 Å². The Kier molecular flexibility index (Phi) is 6.92. The van der Waals surface area contributed by atoms with E-state index in [-0.39, 0.29) is 0 Å². The maximum Gasteiger partial charge on any atom is 0.0826 e. The summed E-state index contributed by atoms with van der Waals surface area (Å²) in [7, 11) is 2.14. The van der Waals surface area contributed by atoms with Crippen molar-refractivity contribution in [1.82, 2.24) is 10.2 Å². The normalized spacial score (nSPS) is 23.2. The molecule has 0 aromatic rings. The number of ether oxygens (including phenoxy) is 1. The molecule has 1 unspecified atom stereocenters. The summed E-state index contributed by atoms with van der Waals surface area (Å²) in [6.07, 6.45) is 3.52. The zero-order valence-electron chi connectivity index (χ0n) is 9.74. The van der Waals surface area contributed by atoms with Crippen molar-refractivity contribution in [3.8, 4) is 0 Å². The Bertz CT molecular complexity index is 156. The second kappa shape index (κ2) is 8.05. The fourth-order valence-electron chi connectivity index (χ4n) is 1.79. The van der Waals surface area contributed by atoms with E-state index >= 15 is 0 Å². The summed E-state index contributed by atoms with van der Waals surface area (Å²) in [5, 5.41) is 12.0. The molecule has 0 aliphatic carbocycles. The first-order valence-electron chi connectivity index (χ1n) is 5.94. The van der Waals surface area contributed by atoms with Gasteiger partial charge in [-0.15, -0.1) is 0 Å². The Morgan fingerprint density at radius 2 is 2.27 bits per heavy atom. The Labute approximate surface area is 92.6 Å². The second-order valence-corrected chi connectivity index (χ2v) is 4.24. The molecule has 1 aliphatic heterocycles. The molecule has 1 rings (SSSR count). The first-order valence-corrected chi connectivity index (χ1v) is 5.94. The van der Waals surface area contributed by atoms with E-state index in [0.29, 0.717) is 12.7 Å². The lowest BCUT2D eigenvalue weighted by molar-refractivity contribution is -0.0180. The zero-order chi connectivity index (χ0) is 10.9. The Balaban J connectivity index is 1.90. The lowest BCUT2D eigenvalue weighted by Gasteiger charge is -2.30. The minimum Gasteiger partial charge on any atom is -0.396 e. The van der Waals surface area contributed by atoms with Crippen LogP contribution >= 0.6 is 0 Å². The van der Waals surface area contributed by atoms with Crippen molar-refractivity contribution in [3.05, 3.63) is 0 Å². The van der Waals surface area contributed by atoms with Crippen LogP contribution in [0.5, 0.6) is 0 Å². The molecule has 4 heteroatoms. The average molecular weight is 216 g/mol. The van der Waals surface area contributed by atoms with Gasteiger partial charge in [0, 0.05) is 26.2 Å². The number of morpholine rings is 1. The van der Waals surface area contributed by atoms with Crippen LogP contribution in [-0.2, 0) is 4.74 Å². The number of hydrogen-bond donors (Lipinski definition) is 2. The summed E-state index contributed by atoms with van der Waals surface area (Å²) < 4.78 is 5.63. The Morgan fingerprint density at radius 3 is 3.00 bits per heavy atom. The molecular weight excluding hydrogens is 192 g/mol. The van der Waals surface area contributed by atoms with Crippen LogP contribution in [-0.4, -0.2) is 62.6 Å². The van der Waals surface area contributed by atoms with Gasteiger partial charge < -0.3 is 20.1 Å². The maximum atomic E-state index is 8.61. The second-order valence-electron chi connectivity index (χ2n) is 4.24. The van der Waals surface area contributed by atoms with Crippen LogP contribution in [0.15, 0.2) is 0 Å². The minimum absolute atomic E-state index is 0.316. The predicted octanol–water partition coefficient (Wildman–Crippen LogP) is 0.0692. The van der Waals surface area contributed by atoms with Gasteiger partial charge in [0.2, 0.25) is 0 Å². The molecule has 2 N–H and O–H groups in total. The van der Waals surface area contributed by atoms with Crippen molar-refractivity contribution >= 4 is 0 Å². The molecule has 0 aromatic heterocycles. The highest BCUT2D eigenvalue weighted by atomic mass is 16.5. The van der Waals surface area contributed by atoms with Crippen LogP contribution in [0.25, 0.3) is 0 Å². The van der Waals surface area contributed by atoms with Crippen molar-refractivity contribution in [1.29, 1.82) is 0 Å². The largest absolute Gasteiger partial charge is 0.396 e. The van der Waals surface area contributed by atoms with Gasteiger partial charge in [0.15, 0.2) is 0 Å². The minimum atomic E-state index is 0.316. The van der Waals surface area contributed by atoms with E-state index in [1.54, 1.807) is 0 Å². The first-order chi connectivity index (χ1) is 7.33. The standard InChI is InChI=1S/C11H24N2O2/c1-13-6-8-15-11(10-13)9-12-5-3-2-4-7-14/h11-12,14H,2-10H2,1H3. The number of unbranched alkanes of at least 4 members (excludes halogenated alkanes) is 2. The van der Waals surface area contributed by atoms with Gasteiger partial charge in [0.25, 0.3) is 0 Å². The van der Waals surface area contributed by atoms with E-state index < -0.39 is 0 Å². The highest BCUT2D eigenvalue weighted by molar-refractivity contribution is 4.70. The molecule has 1 aliphatic rings. The van der Waals surface area contributed by atoms with E-state index in [1.165, 1.54) is 0 Å². The van der Waals surface area contributed by atoms with Gasteiger partial charge in [-0.05, 0) is 32.9 Å². The van der Waals surface area contributed by atoms with Crippen LogP contribution in [0.4, 0.5) is 0 Å². The van der Waals surface area contributed by atoms with Gasteiger partial charge in [-0.3, -0.25) is 0 Å². The van der Waals surface area contributed by atoms with Crippen molar-refractivity contribution in [2.45, 2.75) is 25.4 Å². The van der Waals surface area contributed by atoms with Crippen LogP contribution in [0, 0.1) is 0 Å². The van der Waals surface area contributed by atoms with Gasteiger partial charge in [0.05, 0.1) is 12.7 Å². The Morgan fingerprint density at radius 1 is 1.40 bits per heavy atom. The zero-order valence-corrected chi connectivity index (χ0v) is 9.74. The van der Waals surface area contributed by atoms with Crippen LogP contribution in [0.2, 0.25) is 0 Å². The first kappa shape index (κ1) is 12.9. The molecule has 1 atom stereocenters. The molecule has 1 heterocycles. The third kappa shape index (κ3) is 6.10. The maximum absolute atomic E-state index is 8.61. The predicted molar refractivity (Wildman–Crippen MR) is 61.0 cm³/mol. The number of hydrogen-bond acceptors (Lipinski definition) is 4. The number of rotatable bonds is 7. The van der Waals surface area contributed by atoms with Gasteiger partial charge in [-0.25, -0.2) is 0 Å². The van der Waals surface area contributed by atoms with Gasteiger partial charge >= 0.3 is 0 Å². The van der Waals surface area contributed by atoms with E-state index in [0.717, 1.165) is 52.0 Å². The van der Waals surface area contributed by atoms with Gasteiger partial charge in [-0.1, -0.05) is 0 Å². The van der Waals surface area contributed by atoms with Gasteiger partial charge in [0.1, 0.15) is 0 Å². The third-order valence-electron chi connectivity index (χ3n) is 2.73. The van der Waals surface area contributed by atoms with Crippen LogP contribution in [0.3, 0.4) is 0 Å². The van der Waals surface area contributed by atoms with Gasteiger partial charge in [-0.2, -0.15) is 0 Å². The smallest absolute Gasteiger partial charge is 0.0826 e. The molecule has 4 nitrogen and oxygen atoms in total. The fourth-order valence-corrected chi connectivity index (χ4v) is 1.79. The highest BCUT2D eigenvalue weighted by Gasteiger charge is 2.16. The molecule has 0 amide bonds. The number of aliphatic hydroxyl groups is 1. The summed E-state index contributed by atoms with van der Waals surface area (Å²) in [4.78, 5) is 2.31. The number of likely N-dealkylation sites (N-methyl/N-ethyl adjacent to an activating group) is 1. The quantitative estimate of drug-likeness (QED) is 0.591. The molecule has 1 fully saturated rings. The molecular formula is C11H24N2O2. The topological polar surface area (TPSA) is 44.7 Å². The number of nitrogens with zero attached hydrogens (tertiary/aromatic N) is 1. The van der Waals surface area contributed by atoms with Crippen LogP contribution in [0.1, 0.15) is 19.3 Å². The molecule has 0 bridgehead atoms. The van der Waals surface area contributed by atoms with E-state index in [1.807, 2.05) is 0 Å². The van der Waals surface area contributed by atoms with Crippen LogP contribution < -0.4 is 5.32 Å². The Hall–Kier alpha value is -0.160. The van der Waals surface area contributed by atoms with Crippen molar-refractivity contribution < 1.29 is 9.84 Å². The van der Waals surface area contributed by atoms with E-state index in [4.69, 9.17) is 9.84 Å². The molecule has 90 valence electrons. The summed E-state index contributed by atoms with van der Waals surface area (Å²) in [6, 6.07) is 0. The highest BCUT2D eigenvalue weighted by Crippen LogP contribution is 2.01. The molecule has 0 saturated carbocycles. The lowest BCUT2D eigenvalue weighted by atomic mass is 10.2. The average Bonchev–Trinajstić information content (AvgIpc) is 2.23. The lowest BCUT2D eigenvalue weighted by Crippen LogP contribution is -2.44. The van der Waals surface area contributed by atoms with Crippen molar-refractivity contribution in [2.24, 2.45) is 0 Å². The SMILES string of the molecule is CN1CCOC(CNCCCCCO)C1. The number of nitrogens with one attached hydrogen (secondary N) is 1. The number of aliphatic hydroxyl groups excluding tert-OH is 1. The summed E-state index contributed by atoms with van der Waals surface area (Å²) >= 11 is 0. The monoisotopic (exact) mass is 216 g/mol. The summed E-state index contributed by atoms with van der Waals surface area (Å²) in [5.41, 5.74) is 0. The van der Waals surface area contributed by atoms with Crippen molar-refractivity contribution in [3.63, 3.8) is 0 Å².